The molecule has 0 saturated carbocycles. The van der Waals surface area contributed by atoms with Crippen molar-refractivity contribution in [3.05, 3.63) is 41.7 Å². The summed E-state index contributed by atoms with van der Waals surface area (Å²) >= 11 is 1.62. The highest BCUT2D eigenvalue weighted by Gasteiger charge is 2.22. The molecule has 2 N–H and O–H groups in total. The molecule has 0 radical (unpaired) electrons. The molecular formula is C18H22N4O3S. The third-order valence-electron chi connectivity index (χ3n) is 4.52. The molecule has 8 heteroatoms. The number of hydrogen-bond donors (Lipinski definition) is 2. The number of carbonyl (C=O) groups is 1. The van der Waals surface area contributed by atoms with E-state index in [1.54, 1.807) is 18.0 Å². The predicted molar refractivity (Wildman–Crippen MR) is 103 cm³/mol. The van der Waals surface area contributed by atoms with Gasteiger partial charge < -0.3 is 19.4 Å². The van der Waals surface area contributed by atoms with Gasteiger partial charge in [0.1, 0.15) is 29.6 Å². The van der Waals surface area contributed by atoms with Gasteiger partial charge in [0.25, 0.3) is 0 Å². The Labute approximate surface area is 155 Å². The zero-order chi connectivity index (χ0) is 18.7. The summed E-state index contributed by atoms with van der Waals surface area (Å²) < 4.78 is 7.52. The number of furan rings is 1. The maximum absolute atomic E-state index is 11.6. The van der Waals surface area contributed by atoms with Crippen LogP contribution in [0.3, 0.4) is 0 Å². The summed E-state index contributed by atoms with van der Waals surface area (Å²) in [4.78, 5) is 20.3. The average Bonchev–Trinajstić information content (AvgIpc) is 3.22. The predicted octanol–water partition coefficient (Wildman–Crippen LogP) is 3.31. The normalized spacial score (nSPS) is 12.4. The first-order valence-electron chi connectivity index (χ1n) is 8.34. The molecule has 26 heavy (non-hydrogen) atoms. The molecule has 0 spiro atoms. The summed E-state index contributed by atoms with van der Waals surface area (Å²) in [5.74, 6) is 1.27. The monoisotopic (exact) mass is 374 g/mol. The lowest BCUT2D eigenvalue weighted by atomic mass is 10.2. The maximum Gasteiger partial charge on any atom is 0.326 e. The number of nitrogens with zero attached hydrogens (tertiary/aromatic N) is 3. The molecule has 0 aliphatic carbocycles. The number of nitrogens with one attached hydrogen (secondary N) is 1. The molecule has 3 rings (SSSR count). The molecule has 3 aromatic rings. The van der Waals surface area contributed by atoms with Crippen molar-refractivity contribution in [1.29, 1.82) is 0 Å². The van der Waals surface area contributed by atoms with Crippen LogP contribution in [0.1, 0.15) is 23.4 Å². The fraction of sp³-hybridized carbons (Fsp3) is 0.389. The van der Waals surface area contributed by atoms with E-state index < -0.39 is 12.0 Å². The second-order valence-corrected chi connectivity index (χ2v) is 7.10. The van der Waals surface area contributed by atoms with Crippen LogP contribution in [0.25, 0.3) is 11.0 Å². The molecule has 0 fully saturated rings. The highest BCUT2D eigenvalue weighted by molar-refractivity contribution is 7.98. The molecular weight excluding hydrogens is 352 g/mol. The quantitative estimate of drug-likeness (QED) is 0.625. The number of carboxylic acids is 1. The van der Waals surface area contributed by atoms with Gasteiger partial charge in [-0.3, -0.25) is 0 Å². The summed E-state index contributed by atoms with van der Waals surface area (Å²) in [5, 5.41) is 13.5. The van der Waals surface area contributed by atoms with Crippen molar-refractivity contribution in [3.63, 3.8) is 0 Å². The number of rotatable bonds is 8. The summed E-state index contributed by atoms with van der Waals surface area (Å²) in [7, 11) is 0. The van der Waals surface area contributed by atoms with Gasteiger partial charge in [-0.1, -0.05) is 0 Å². The lowest BCUT2D eigenvalue weighted by molar-refractivity contribution is -0.137. The molecule has 0 amide bonds. The molecule has 0 aromatic carbocycles. The van der Waals surface area contributed by atoms with E-state index in [9.17, 15) is 9.90 Å². The molecule has 3 aromatic heterocycles. The van der Waals surface area contributed by atoms with Crippen molar-refractivity contribution < 1.29 is 14.3 Å². The van der Waals surface area contributed by atoms with Crippen molar-refractivity contribution in [2.24, 2.45) is 0 Å². The summed E-state index contributed by atoms with van der Waals surface area (Å²) in [5.41, 5.74) is 2.85. The van der Waals surface area contributed by atoms with Gasteiger partial charge in [-0.05, 0) is 50.0 Å². The van der Waals surface area contributed by atoms with Crippen LogP contribution in [0.5, 0.6) is 0 Å². The van der Waals surface area contributed by atoms with Gasteiger partial charge in [0, 0.05) is 5.69 Å². The first kappa shape index (κ1) is 18.3. The van der Waals surface area contributed by atoms with Gasteiger partial charge in [0.15, 0.2) is 0 Å². The van der Waals surface area contributed by atoms with Crippen LogP contribution >= 0.6 is 11.8 Å². The fourth-order valence-electron chi connectivity index (χ4n) is 2.99. The number of carboxylic acid groups (broad SMARTS) is 1. The second-order valence-electron chi connectivity index (χ2n) is 6.11. The average molecular weight is 374 g/mol. The number of fused-ring (bicyclic) bond motifs is 1. The van der Waals surface area contributed by atoms with Gasteiger partial charge in [0.2, 0.25) is 0 Å². The number of thioether (sulfide) groups is 1. The van der Waals surface area contributed by atoms with Crippen LogP contribution < -0.4 is 5.32 Å². The highest BCUT2D eigenvalue weighted by atomic mass is 32.2. The first-order chi connectivity index (χ1) is 12.5. The Kier molecular flexibility index (Phi) is 5.51. The smallest absolute Gasteiger partial charge is 0.326 e. The lowest BCUT2D eigenvalue weighted by Crippen LogP contribution is -2.30. The Morgan fingerprint density at radius 2 is 2.23 bits per heavy atom. The van der Waals surface area contributed by atoms with Crippen molar-refractivity contribution in [1.82, 2.24) is 14.5 Å². The van der Waals surface area contributed by atoms with E-state index in [0.29, 0.717) is 18.8 Å². The van der Waals surface area contributed by atoms with Gasteiger partial charge in [-0.25, -0.2) is 14.8 Å². The van der Waals surface area contributed by atoms with Crippen LogP contribution in [-0.4, -0.2) is 43.7 Å². The Hall–Kier alpha value is -2.48. The van der Waals surface area contributed by atoms with Crippen molar-refractivity contribution in [3.8, 4) is 0 Å². The Morgan fingerprint density at radius 1 is 1.42 bits per heavy atom. The molecule has 0 bridgehead atoms. The number of hydrogen-bond acceptors (Lipinski definition) is 6. The molecule has 7 nitrogen and oxygen atoms in total. The minimum atomic E-state index is -0.879. The third-order valence-corrected chi connectivity index (χ3v) is 5.16. The van der Waals surface area contributed by atoms with E-state index in [0.717, 1.165) is 33.8 Å². The van der Waals surface area contributed by atoms with E-state index in [1.165, 1.54) is 6.33 Å². The highest BCUT2D eigenvalue weighted by Crippen LogP contribution is 2.30. The lowest BCUT2D eigenvalue weighted by Gasteiger charge is -2.15. The number of aliphatic carboxylic acids is 1. The van der Waals surface area contributed by atoms with Crippen LogP contribution in [0, 0.1) is 13.8 Å². The molecule has 138 valence electrons. The molecule has 1 atom stereocenters. The molecule has 0 unspecified atom stereocenters. The van der Waals surface area contributed by atoms with Crippen LogP contribution in [0.4, 0.5) is 5.82 Å². The summed E-state index contributed by atoms with van der Waals surface area (Å²) in [6.07, 6.45) is 5.60. The number of aromatic nitrogens is 3. The van der Waals surface area contributed by atoms with Gasteiger partial charge in [0.05, 0.1) is 18.2 Å². The van der Waals surface area contributed by atoms with Crippen LogP contribution in [-0.2, 0) is 11.3 Å². The third kappa shape index (κ3) is 3.55. The molecule has 0 aliphatic heterocycles. The van der Waals surface area contributed by atoms with Crippen molar-refractivity contribution >= 4 is 34.6 Å². The minimum absolute atomic E-state index is 0.521. The largest absolute Gasteiger partial charge is 0.480 e. The van der Waals surface area contributed by atoms with E-state index in [2.05, 4.69) is 19.9 Å². The number of aryl methyl sites for hydroxylation is 1. The van der Waals surface area contributed by atoms with E-state index in [-0.39, 0.29) is 0 Å². The SMILES string of the molecule is CSCC[C@H](Nc1ncnc2c1c(C)c(C)n2Cc1ccco1)C(=O)O. The molecule has 0 saturated heterocycles. The fourth-order valence-corrected chi connectivity index (χ4v) is 3.46. The Balaban J connectivity index is 2.01. The van der Waals surface area contributed by atoms with E-state index >= 15 is 0 Å². The van der Waals surface area contributed by atoms with Crippen LogP contribution in [0.2, 0.25) is 0 Å². The summed E-state index contributed by atoms with van der Waals surface area (Å²) in [6, 6.07) is 3.09. The van der Waals surface area contributed by atoms with Gasteiger partial charge in [-0.2, -0.15) is 11.8 Å². The van der Waals surface area contributed by atoms with Gasteiger partial charge >= 0.3 is 5.97 Å². The van der Waals surface area contributed by atoms with Crippen molar-refractivity contribution in [2.45, 2.75) is 32.9 Å². The first-order valence-corrected chi connectivity index (χ1v) is 9.73. The zero-order valence-electron chi connectivity index (χ0n) is 15.0. The molecule has 3 heterocycles. The maximum atomic E-state index is 11.6. The Morgan fingerprint density at radius 3 is 2.88 bits per heavy atom. The zero-order valence-corrected chi connectivity index (χ0v) is 15.8. The minimum Gasteiger partial charge on any atom is -0.480 e. The van der Waals surface area contributed by atoms with E-state index in [4.69, 9.17) is 4.42 Å². The topological polar surface area (TPSA) is 93.2 Å². The van der Waals surface area contributed by atoms with Crippen molar-refractivity contribution in [2.75, 3.05) is 17.3 Å². The van der Waals surface area contributed by atoms with Gasteiger partial charge in [-0.15, -0.1) is 0 Å². The van der Waals surface area contributed by atoms with E-state index in [1.807, 2.05) is 32.2 Å². The molecule has 0 aliphatic rings. The summed E-state index contributed by atoms with van der Waals surface area (Å²) in [6.45, 7) is 4.59. The second kappa shape index (κ2) is 7.82. The van der Waals surface area contributed by atoms with Crippen LogP contribution in [0.15, 0.2) is 29.1 Å². The standard InChI is InChI=1S/C18H22N4O3S/c1-11-12(2)22(9-13-5-4-7-25-13)17-15(11)16(19-10-20-17)21-14(18(23)24)6-8-26-3/h4-5,7,10,14H,6,8-9H2,1-3H3,(H,23,24)(H,19,20,21)/t14-/m0/s1. The Bertz CT molecular complexity index is 905. The number of anilines is 1.